The lowest BCUT2D eigenvalue weighted by molar-refractivity contribution is -0.131. The molecule has 1 amide bonds. The lowest BCUT2D eigenvalue weighted by Gasteiger charge is -2.39. The lowest BCUT2D eigenvalue weighted by atomic mass is 9.90. The van der Waals surface area contributed by atoms with Crippen LogP contribution in [0.4, 0.5) is 0 Å². The number of amides is 1. The van der Waals surface area contributed by atoms with Gasteiger partial charge in [0.05, 0.1) is 17.8 Å². The van der Waals surface area contributed by atoms with Crippen LogP contribution in [0.25, 0.3) is 0 Å². The average Bonchev–Trinajstić information content (AvgIpc) is 3.16. The summed E-state index contributed by atoms with van der Waals surface area (Å²) < 4.78 is 7.74. The molecule has 2 aliphatic rings. The Bertz CT molecular complexity index is 879. The van der Waals surface area contributed by atoms with Gasteiger partial charge in [0.2, 0.25) is 5.91 Å². The smallest absolute Gasteiger partial charge is 0.237 e. The van der Waals surface area contributed by atoms with Crippen LogP contribution in [0.1, 0.15) is 65.0 Å². The van der Waals surface area contributed by atoms with Crippen LogP contribution < -0.4 is 10.6 Å². The number of aliphatic hydroxyl groups is 3. The Hall–Kier alpha value is -1.82. The summed E-state index contributed by atoms with van der Waals surface area (Å²) in [4.78, 5) is 13.2. The summed E-state index contributed by atoms with van der Waals surface area (Å²) in [7, 11) is 0. The van der Waals surface area contributed by atoms with Gasteiger partial charge < -0.3 is 30.7 Å². The Kier molecular flexibility index (Phi) is 10.9. The molecule has 3 rings (SSSR count). The van der Waals surface area contributed by atoms with E-state index in [9.17, 15) is 20.1 Å². The second-order valence-corrected chi connectivity index (χ2v) is 11.1. The molecule has 204 valence electrons. The fraction of sp³-hybridized carbons (Fsp3) is 0.800. The van der Waals surface area contributed by atoms with Crippen LogP contribution in [0.2, 0.25) is 0 Å². The third-order valence-corrected chi connectivity index (χ3v) is 7.85. The van der Waals surface area contributed by atoms with Crippen LogP contribution in [-0.2, 0) is 22.5 Å². The van der Waals surface area contributed by atoms with Crippen LogP contribution in [0, 0.1) is 11.8 Å². The van der Waals surface area contributed by atoms with Gasteiger partial charge in [0.1, 0.15) is 18.3 Å². The summed E-state index contributed by atoms with van der Waals surface area (Å²) in [6, 6.07) is -0.851. The number of thioether (sulfide) groups is 1. The van der Waals surface area contributed by atoms with Crippen molar-refractivity contribution in [2.24, 2.45) is 11.8 Å². The van der Waals surface area contributed by atoms with Gasteiger partial charge in [-0.3, -0.25) is 9.48 Å². The van der Waals surface area contributed by atoms with Crippen molar-refractivity contribution in [2.45, 2.75) is 103 Å². The number of nitrogens with zero attached hydrogens (tertiary/aromatic N) is 3. The maximum Gasteiger partial charge on any atom is 0.237 e. The summed E-state index contributed by atoms with van der Waals surface area (Å²) in [5, 5.41) is 46.0. The normalized spacial score (nSPS) is 28.0. The fourth-order valence-corrected chi connectivity index (χ4v) is 5.57. The largest absolute Gasteiger partial charge is 0.506 e. The van der Waals surface area contributed by atoms with Gasteiger partial charge >= 0.3 is 0 Å². The Morgan fingerprint density at radius 1 is 1.33 bits per heavy atom. The molecule has 10 nitrogen and oxygen atoms in total. The van der Waals surface area contributed by atoms with Gasteiger partial charge in [0.25, 0.3) is 0 Å². The molecule has 0 radical (unpaired) electrons. The summed E-state index contributed by atoms with van der Waals surface area (Å²) in [6.45, 7) is 7.63. The first-order chi connectivity index (χ1) is 17.2. The quantitative estimate of drug-likeness (QED) is 0.294. The Morgan fingerprint density at radius 3 is 2.81 bits per heavy atom. The van der Waals surface area contributed by atoms with Crippen LogP contribution in [0.15, 0.2) is 17.0 Å². The van der Waals surface area contributed by atoms with E-state index >= 15 is 0 Å². The van der Waals surface area contributed by atoms with Gasteiger partial charge in [-0.1, -0.05) is 44.2 Å². The molecule has 0 bridgehead atoms. The minimum Gasteiger partial charge on any atom is -0.506 e. The van der Waals surface area contributed by atoms with E-state index < -0.39 is 24.4 Å². The number of ether oxygens (including phenoxy) is 1. The molecule has 1 saturated heterocycles. The van der Waals surface area contributed by atoms with E-state index in [1.54, 1.807) is 6.26 Å². The van der Waals surface area contributed by atoms with Gasteiger partial charge in [-0.25, -0.2) is 0 Å². The van der Waals surface area contributed by atoms with Crippen LogP contribution in [0.3, 0.4) is 0 Å². The zero-order chi connectivity index (χ0) is 26.2. The highest BCUT2D eigenvalue weighted by molar-refractivity contribution is 8.02. The summed E-state index contributed by atoms with van der Waals surface area (Å²) in [5.41, 5.74) is 1.04. The maximum atomic E-state index is 13.2. The van der Waals surface area contributed by atoms with Gasteiger partial charge in [0.15, 0.2) is 10.9 Å². The van der Waals surface area contributed by atoms with Crippen molar-refractivity contribution in [3.8, 4) is 0 Å². The van der Waals surface area contributed by atoms with Crippen molar-refractivity contribution in [1.82, 2.24) is 25.6 Å². The average molecular weight is 526 g/mol. The van der Waals surface area contributed by atoms with E-state index in [2.05, 4.69) is 27.9 Å². The molecule has 1 aromatic rings. The predicted molar refractivity (Wildman–Crippen MR) is 139 cm³/mol. The van der Waals surface area contributed by atoms with E-state index in [1.165, 1.54) is 0 Å². The van der Waals surface area contributed by atoms with E-state index in [-0.39, 0.29) is 28.7 Å². The number of hydrogen-bond donors (Lipinski definition) is 5. The molecule has 6 atom stereocenters. The number of hydrogen-bond acceptors (Lipinski definition) is 9. The second kappa shape index (κ2) is 13.6. The Morgan fingerprint density at radius 2 is 2.11 bits per heavy atom. The number of aryl methyl sites for hydroxylation is 2. The van der Waals surface area contributed by atoms with Crippen LogP contribution in [0.5, 0.6) is 0 Å². The summed E-state index contributed by atoms with van der Waals surface area (Å²) in [6.07, 6.45) is 6.96. The van der Waals surface area contributed by atoms with Gasteiger partial charge in [-0.2, -0.15) is 0 Å². The number of nitrogens with one attached hydrogen (secondary N) is 2. The molecule has 3 heterocycles. The van der Waals surface area contributed by atoms with Gasteiger partial charge in [0, 0.05) is 12.7 Å². The van der Waals surface area contributed by atoms with Crippen LogP contribution >= 0.6 is 11.8 Å². The number of aromatic nitrogens is 3. The second-order valence-electron chi connectivity index (χ2n) is 10.3. The van der Waals surface area contributed by atoms with Crippen LogP contribution in [-0.4, -0.2) is 79.4 Å². The third-order valence-electron chi connectivity index (χ3n) is 7.17. The first-order valence-corrected chi connectivity index (χ1v) is 14.4. The minimum atomic E-state index is -1.45. The molecule has 2 aliphatic heterocycles. The molecule has 0 aliphatic carbocycles. The molecular weight excluding hydrogens is 482 g/mol. The monoisotopic (exact) mass is 525 g/mol. The Labute approximate surface area is 218 Å². The molecular formula is C25H43N5O5S. The number of rotatable bonds is 11. The highest BCUT2D eigenvalue weighted by atomic mass is 32.2. The van der Waals surface area contributed by atoms with E-state index in [1.807, 2.05) is 24.7 Å². The van der Waals surface area contributed by atoms with Crippen molar-refractivity contribution < 1.29 is 24.9 Å². The first kappa shape index (κ1) is 28.7. The minimum absolute atomic E-state index is 0.0581. The Balaban J connectivity index is 1.51. The third kappa shape index (κ3) is 7.36. The van der Waals surface area contributed by atoms with E-state index in [0.717, 1.165) is 75.5 Å². The standard InChI is InChI=1S/C25H43N5O5S/c1-5-7-17-14-30(29-28-17)13-6-8-16-9-10-18(26-12-11-16)24(34)27-19(15(2)3)23-21(32)20(31)22(33)25(35-23)36-4/h14-16,18-21,23,26,31-33H,5-13H2,1-4H3,(H,27,34)/t16-,18-,19+,20-,21+,23+/m0/s1. The number of carbonyl (C=O) groups is 1. The first-order valence-electron chi connectivity index (χ1n) is 13.2. The topological polar surface area (TPSA) is 142 Å². The zero-order valence-corrected chi connectivity index (χ0v) is 22.7. The van der Waals surface area contributed by atoms with Gasteiger partial charge in [-0.15, -0.1) is 5.10 Å². The molecule has 0 aromatic carbocycles. The van der Waals surface area contributed by atoms with Crippen molar-refractivity contribution >= 4 is 17.7 Å². The van der Waals surface area contributed by atoms with E-state index in [0.29, 0.717) is 5.92 Å². The molecule has 1 aromatic heterocycles. The van der Waals surface area contributed by atoms with Crippen molar-refractivity contribution in [1.29, 1.82) is 0 Å². The molecule has 0 unspecified atom stereocenters. The zero-order valence-electron chi connectivity index (χ0n) is 21.9. The fourth-order valence-electron chi connectivity index (χ4n) is 5.03. The molecule has 5 N–H and O–H groups in total. The van der Waals surface area contributed by atoms with Crippen molar-refractivity contribution in [3.05, 3.63) is 22.7 Å². The highest BCUT2D eigenvalue weighted by Crippen LogP contribution is 2.32. The molecule has 11 heteroatoms. The van der Waals surface area contributed by atoms with Gasteiger partial charge in [-0.05, 0) is 63.2 Å². The SMILES string of the molecule is CCCc1cn(CCC[C@@H]2CCN[C@H](C(=O)N[C@H](C(C)C)[C@H]3OC(SC)=C(O)[C@@H](O)[C@H]3O)CC2)nn1. The highest BCUT2D eigenvalue weighted by Gasteiger charge is 2.44. The molecule has 1 fully saturated rings. The molecule has 0 saturated carbocycles. The predicted octanol–water partition coefficient (Wildman–Crippen LogP) is 2.12. The van der Waals surface area contributed by atoms with Crippen molar-refractivity contribution in [2.75, 3.05) is 12.8 Å². The molecule has 36 heavy (non-hydrogen) atoms. The van der Waals surface area contributed by atoms with E-state index in [4.69, 9.17) is 4.74 Å². The van der Waals surface area contributed by atoms with Crippen molar-refractivity contribution in [3.63, 3.8) is 0 Å². The summed E-state index contributed by atoms with van der Waals surface area (Å²) >= 11 is 1.15. The number of aliphatic hydroxyl groups excluding tert-OH is 3. The number of carbonyl (C=O) groups excluding carboxylic acids is 1. The maximum absolute atomic E-state index is 13.2. The molecule has 0 spiro atoms. The summed E-state index contributed by atoms with van der Waals surface area (Å²) in [5.74, 6) is -0.0139. The lowest BCUT2D eigenvalue weighted by Crippen LogP contribution is -2.59.